The van der Waals surface area contributed by atoms with E-state index in [0.29, 0.717) is 19.7 Å². The normalized spacial score (nSPS) is 16.5. The molecular weight excluding hydrogens is 310 g/mol. The molecule has 2 aromatic rings. The second-order valence-electron chi connectivity index (χ2n) is 5.59. The predicted octanol–water partition coefficient (Wildman–Crippen LogP) is 1.22. The molecule has 0 bridgehead atoms. The fourth-order valence-electron chi connectivity index (χ4n) is 2.63. The summed E-state index contributed by atoms with van der Waals surface area (Å²) in [6.07, 6.45) is 1.94. The van der Waals surface area contributed by atoms with Gasteiger partial charge in [0, 0.05) is 25.4 Å². The number of hydrogen-bond donors (Lipinski definition) is 1. The van der Waals surface area contributed by atoms with Crippen LogP contribution >= 0.6 is 0 Å². The van der Waals surface area contributed by atoms with Gasteiger partial charge in [-0.05, 0) is 24.3 Å². The molecule has 1 aliphatic heterocycles. The fraction of sp³-hybridized carbons (Fsp3) is 0.412. The molecule has 128 valence electrons. The Labute approximate surface area is 140 Å². The van der Waals surface area contributed by atoms with Gasteiger partial charge in [-0.2, -0.15) is 0 Å². The second-order valence-corrected chi connectivity index (χ2v) is 5.59. The summed E-state index contributed by atoms with van der Waals surface area (Å²) in [5.41, 5.74) is 1.93. The van der Waals surface area contributed by atoms with Crippen LogP contribution in [0.5, 0.6) is 5.75 Å². The zero-order valence-electron chi connectivity index (χ0n) is 13.8. The molecule has 1 N–H and O–H groups in total. The molecule has 1 aliphatic rings. The largest absolute Gasteiger partial charge is 0.497 e. The Morgan fingerprint density at radius 2 is 2.17 bits per heavy atom. The van der Waals surface area contributed by atoms with Crippen LogP contribution in [0.1, 0.15) is 5.82 Å². The highest BCUT2D eigenvalue weighted by Gasteiger charge is 2.21. The molecule has 1 aromatic carbocycles. The lowest BCUT2D eigenvalue weighted by Crippen LogP contribution is -2.39. The first kappa shape index (κ1) is 16.5. The Bertz CT molecular complexity index is 696. The number of nitrogens with one attached hydrogen (secondary N) is 1. The summed E-state index contributed by atoms with van der Waals surface area (Å²) in [5, 5.41) is 2.80. The average molecular weight is 331 g/mol. The Hall–Kier alpha value is -2.38. The van der Waals surface area contributed by atoms with Crippen molar-refractivity contribution in [3.8, 4) is 17.0 Å². The van der Waals surface area contributed by atoms with Crippen molar-refractivity contribution in [2.24, 2.45) is 0 Å². The first-order chi connectivity index (χ1) is 11.7. The van der Waals surface area contributed by atoms with E-state index in [9.17, 15) is 4.79 Å². The van der Waals surface area contributed by atoms with Gasteiger partial charge in [-0.3, -0.25) is 4.79 Å². The van der Waals surface area contributed by atoms with Crippen molar-refractivity contribution in [3.05, 3.63) is 36.3 Å². The van der Waals surface area contributed by atoms with Gasteiger partial charge in [-0.15, -0.1) is 0 Å². The van der Waals surface area contributed by atoms with Gasteiger partial charge >= 0.3 is 0 Å². The molecule has 3 rings (SSSR count). The van der Waals surface area contributed by atoms with Gasteiger partial charge in [0.1, 0.15) is 24.8 Å². The topological polar surface area (TPSA) is 74.6 Å². The van der Waals surface area contributed by atoms with Gasteiger partial charge in [0.15, 0.2) is 0 Å². The highest BCUT2D eigenvalue weighted by molar-refractivity contribution is 5.77. The van der Waals surface area contributed by atoms with Gasteiger partial charge in [0.25, 0.3) is 0 Å². The molecule has 2 heterocycles. The first-order valence-electron chi connectivity index (χ1n) is 7.77. The number of methoxy groups -OCH3 is 2. The third-order valence-corrected chi connectivity index (χ3v) is 3.90. The Morgan fingerprint density at radius 1 is 1.38 bits per heavy atom. The SMILES string of the molecule is COCC(=O)NCC1Cn2cc(-c3ccc(OC)cc3)nc2CO1. The summed E-state index contributed by atoms with van der Waals surface area (Å²) in [5.74, 6) is 1.56. The second kappa shape index (κ2) is 7.46. The van der Waals surface area contributed by atoms with E-state index in [0.717, 1.165) is 22.8 Å². The molecule has 24 heavy (non-hydrogen) atoms. The number of carbonyl (C=O) groups excluding carboxylic acids is 1. The number of rotatable bonds is 6. The number of benzene rings is 1. The molecule has 1 aromatic heterocycles. The van der Waals surface area contributed by atoms with Crippen LogP contribution in [-0.4, -0.2) is 48.9 Å². The van der Waals surface area contributed by atoms with Crippen LogP contribution in [0.3, 0.4) is 0 Å². The maximum absolute atomic E-state index is 11.5. The van der Waals surface area contributed by atoms with Gasteiger partial charge in [-0.25, -0.2) is 4.98 Å². The minimum atomic E-state index is -0.142. The number of hydrogen-bond acceptors (Lipinski definition) is 5. The molecule has 7 heteroatoms. The van der Waals surface area contributed by atoms with Crippen LogP contribution in [0.2, 0.25) is 0 Å². The Morgan fingerprint density at radius 3 is 2.88 bits per heavy atom. The van der Waals surface area contributed by atoms with Crippen molar-refractivity contribution in [2.75, 3.05) is 27.4 Å². The van der Waals surface area contributed by atoms with Crippen LogP contribution in [0.25, 0.3) is 11.3 Å². The highest BCUT2D eigenvalue weighted by Crippen LogP contribution is 2.24. The summed E-state index contributed by atoms with van der Waals surface area (Å²) in [6, 6.07) is 7.80. The monoisotopic (exact) mass is 331 g/mol. The summed E-state index contributed by atoms with van der Waals surface area (Å²) in [7, 11) is 3.14. The number of imidazole rings is 1. The van der Waals surface area contributed by atoms with Crippen LogP contribution in [0, 0.1) is 0 Å². The van der Waals surface area contributed by atoms with Crippen LogP contribution < -0.4 is 10.1 Å². The average Bonchev–Trinajstić information content (AvgIpc) is 3.03. The van der Waals surface area contributed by atoms with Crippen molar-refractivity contribution < 1.29 is 19.0 Å². The van der Waals surface area contributed by atoms with E-state index in [4.69, 9.17) is 14.2 Å². The lowest BCUT2D eigenvalue weighted by molar-refractivity contribution is -0.125. The quantitative estimate of drug-likeness (QED) is 0.861. The Balaban J connectivity index is 1.64. The number of carbonyl (C=O) groups is 1. The molecule has 0 radical (unpaired) electrons. The van der Waals surface area contributed by atoms with Gasteiger partial charge in [0.2, 0.25) is 5.91 Å². The number of amides is 1. The number of ether oxygens (including phenoxy) is 3. The van der Waals surface area contributed by atoms with E-state index < -0.39 is 0 Å². The molecule has 1 unspecified atom stereocenters. The van der Waals surface area contributed by atoms with Gasteiger partial charge in [0.05, 0.1) is 25.5 Å². The molecule has 0 fully saturated rings. The molecular formula is C17H21N3O4. The van der Waals surface area contributed by atoms with E-state index in [-0.39, 0.29) is 18.6 Å². The minimum absolute atomic E-state index is 0.0602. The molecule has 1 amide bonds. The van der Waals surface area contributed by atoms with Crippen molar-refractivity contribution in [1.29, 1.82) is 0 Å². The van der Waals surface area contributed by atoms with E-state index >= 15 is 0 Å². The van der Waals surface area contributed by atoms with Crippen molar-refractivity contribution >= 4 is 5.91 Å². The summed E-state index contributed by atoms with van der Waals surface area (Å²) >= 11 is 0. The van der Waals surface area contributed by atoms with Crippen LogP contribution in [0.15, 0.2) is 30.5 Å². The molecule has 0 saturated heterocycles. The van der Waals surface area contributed by atoms with Gasteiger partial charge in [-0.1, -0.05) is 0 Å². The minimum Gasteiger partial charge on any atom is -0.497 e. The highest BCUT2D eigenvalue weighted by atomic mass is 16.5. The van der Waals surface area contributed by atoms with Crippen LogP contribution in [0.4, 0.5) is 0 Å². The maximum atomic E-state index is 11.5. The Kier molecular flexibility index (Phi) is 5.12. The molecule has 0 saturated carbocycles. The van der Waals surface area contributed by atoms with E-state index in [1.165, 1.54) is 7.11 Å². The standard InChI is InChI=1S/C17H21N3O4/c1-22-11-17(21)18-7-14-8-20-9-15(19-16(20)10-24-14)12-3-5-13(23-2)6-4-12/h3-6,9,14H,7-8,10-11H2,1-2H3,(H,18,21). The summed E-state index contributed by atoms with van der Waals surface area (Å²) in [6.45, 7) is 1.61. The first-order valence-corrected chi connectivity index (χ1v) is 7.77. The van der Waals surface area contributed by atoms with Crippen molar-refractivity contribution in [2.45, 2.75) is 19.3 Å². The zero-order valence-corrected chi connectivity index (χ0v) is 13.8. The fourth-order valence-corrected chi connectivity index (χ4v) is 2.63. The lowest BCUT2D eigenvalue weighted by atomic mass is 10.2. The van der Waals surface area contributed by atoms with Crippen LogP contribution in [-0.2, 0) is 27.4 Å². The maximum Gasteiger partial charge on any atom is 0.246 e. The summed E-state index contributed by atoms with van der Waals surface area (Å²) in [4.78, 5) is 16.1. The number of nitrogens with zero attached hydrogens (tertiary/aromatic N) is 2. The lowest BCUT2D eigenvalue weighted by Gasteiger charge is -2.24. The van der Waals surface area contributed by atoms with E-state index in [1.54, 1.807) is 7.11 Å². The number of aromatic nitrogens is 2. The van der Waals surface area contributed by atoms with Crippen molar-refractivity contribution in [3.63, 3.8) is 0 Å². The molecule has 0 spiro atoms. The van der Waals surface area contributed by atoms with Gasteiger partial charge < -0.3 is 24.1 Å². The molecule has 7 nitrogen and oxygen atoms in total. The number of fused-ring (bicyclic) bond motifs is 1. The van der Waals surface area contributed by atoms with E-state index in [2.05, 4.69) is 14.9 Å². The van der Waals surface area contributed by atoms with Crippen molar-refractivity contribution in [1.82, 2.24) is 14.9 Å². The smallest absolute Gasteiger partial charge is 0.246 e. The summed E-state index contributed by atoms with van der Waals surface area (Å²) < 4.78 is 17.8. The van der Waals surface area contributed by atoms with E-state index in [1.807, 2.05) is 30.5 Å². The molecule has 0 aliphatic carbocycles. The predicted molar refractivity (Wildman–Crippen MR) is 87.7 cm³/mol. The third kappa shape index (κ3) is 3.74. The third-order valence-electron chi connectivity index (χ3n) is 3.90. The zero-order chi connectivity index (χ0) is 16.9. The molecule has 1 atom stereocenters.